The molecule has 0 spiro atoms. The van der Waals surface area contributed by atoms with Gasteiger partial charge in [0.2, 0.25) is 0 Å². The number of nitrogens with zero attached hydrogens (tertiary/aromatic N) is 1. The normalized spacial score (nSPS) is 23.8. The van der Waals surface area contributed by atoms with E-state index >= 15 is 0 Å². The largest absolute Gasteiger partial charge is 0.416 e. The minimum atomic E-state index is -4.76. The summed E-state index contributed by atoms with van der Waals surface area (Å²) in [6.45, 7) is 1.64. The average Bonchev–Trinajstić information content (AvgIpc) is 3.21. The van der Waals surface area contributed by atoms with Crippen LogP contribution in [0.4, 0.5) is 35.5 Å². The molecule has 2 amide bonds. The van der Waals surface area contributed by atoms with Crippen LogP contribution >= 0.6 is 0 Å². The number of aryl methyl sites for hydroxylation is 1. The Balaban J connectivity index is 1.69. The third-order valence-corrected chi connectivity index (χ3v) is 5.90. The van der Waals surface area contributed by atoms with E-state index in [0.29, 0.717) is 30.0 Å². The van der Waals surface area contributed by atoms with Gasteiger partial charge < -0.3 is 10.2 Å². The summed E-state index contributed by atoms with van der Waals surface area (Å²) >= 11 is 0. The standard InChI is InChI=1S/C21H17F7N2O/c1-10-2-3-12(20(23,24)25)9-15(10)16-4-5-17-18(29-19(31)30(16)17)11-6-13(21(26,27)28)8-14(22)7-11/h2-3,6-9,16-18H,4-5H2,1H3,(H,29,31)/t16-,17-,18+/m0/s1. The second-order valence-electron chi connectivity index (χ2n) is 7.84. The van der Waals surface area contributed by atoms with Crippen LogP contribution < -0.4 is 5.32 Å². The number of nitrogens with one attached hydrogen (secondary N) is 1. The Kier molecular flexibility index (Phi) is 4.94. The van der Waals surface area contributed by atoms with Crippen LogP contribution in [0.15, 0.2) is 36.4 Å². The topological polar surface area (TPSA) is 32.3 Å². The molecule has 2 aliphatic rings. The molecule has 2 heterocycles. The summed E-state index contributed by atoms with van der Waals surface area (Å²) in [4.78, 5) is 14.0. The minimum Gasteiger partial charge on any atom is -0.329 e. The van der Waals surface area contributed by atoms with Gasteiger partial charge in [-0.25, -0.2) is 9.18 Å². The van der Waals surface area contributed by atoms with E-state index in [4.69, 9.17) is 0 Å². The number of hydrogen-bond acceptors (Lipinski definition) is 1. The van der Waals surface area contributed by atoms with Gasteiger partial charge in [-0.1, -0.05) is 6.07 Å². The van der Waals surface area contributed by atoms with Gasteiger partial charge >= 0.3 is 18.4 Å². The lowest BCUT2D eigenvalue weighted by atomic mass is 9.95. The lowest BCUT2D eigenvalue weighted by Gasteiger charge is -2.26. The highest BCUT2D eigenvalue weighted by atomic mass is 19.4. The molecule has 0 unspecified atom stereocenters. The molecule has 2 aromatic rings. The fraction of sp³-hybridized carbons (Fsp3) is 0.381. The molecule has 2 saturated heterocycles. The van der Waals surface area contributed by atoms with Crippen molar-refractivity contribution < 1.29 is 35.5 Å². The van der Waals surface area contributed by atoms with Crippen molar-refractivity contribution in [3.63, 3.8) is 0 Å². The zero-order chi connectivity index (χ0) is 22.7. The van der Waals surface area contributed by atoms with Crippen LogP contribution in [0.2, 0.25) is 0 Å². The van der Waals surface area contributed by atoms with E-state index in [1.165, 1.54) is 11.0 Å². The smallest absolute Gasteiger partial charge is 0.329 e. The van der Waals surface area contributed by atoms with Gasteiger partial charge in [0.15, 0.2) is 0 Å². The summed E-state index contributed by atoms with van der Waals surface area (Å²) in [5.41, 5.74) is -1.14. The molecule has 2 fully saturated rings. The van der Waals surface area contributed by atoms with Crippen molar-refractivity contribution in [3.05, 3.63) is 70.0 Å². The Morgan fingerprint density at radius 3 is 2.26 bits per heavy atom. The number of urea groups is 1. The molecule has 0 radical (unpaired) electrons. The number of amides is 2. The van der Waals surface area contributed by atoms with E-state index in [1.807, 2.05) is 0 Å². The molecule has 0 aliphatic carbocycles. The number of halogens is 7. The fourth-order valence-electron chi connectivity index (χ4n) is 4.50. The molecule has 166 valence electrons. The van der Waals surface area contributed by atoms with E-state index in [0.717, 1.165) is 24.3 Å². The first-order chi connectivity index (χ1) is 14.4. The summed E-state index contributed by atoms with van der Waals surface area (Å²) in [5, 5.41) is 2.57. The maximum Gasteiger partial charge on any atom is 0.416 e. The van der Waals surface area contributed by atoms with Crippen LogP contribution in [-0.2, 0) is 12.4 Å². The highest BCUT2D eigenvalue weighted by Gasteiger charge is 2.49. The SMILES string of the molecule is Cc1ccc(C(F)(F)F)cc1[C@@H]1CC[C@H]2[C@@H](c3cc(F)cc(C(F)(F)F)c3)NC(=O)N12. The third-order valence-electron chi connectivity index (χ3n) is 5.90. The minimum absolute atomic E-state index is 0.0328. The Morgan fingerprint density at radius 2 is 1.61 bits per heavy atom. The van der Waals surface area contributed by atoms with E-state index in [2.05, 4.69) is 5.32 Å². The molecule has 31 heavy (non-hydrogen) atoms. The van der Waals surface area contributed by atoms with E-state index in [-0.39, 0.29) is 5.56 Å². The van der Waals surface area contributed by atoms with Gasteiger partial charge in [-0.3, -0.25) is 0 Å². The number of rotatable bonds is 2. The van der Waals surface area contributed by atoms with Gasteiger partial charge in [0, 0.05) is 0 Å². The Bertz CT molecular complexity index is 1030. The number of benzene rings is 2. The number of fused-ring (bicyclic) bond motifs is 1. The van der Waals surface area contributed by atoms with E-state index in [9.17, 15) is 35.5 Å². The van der Waals surface area contributed by atoms with Crippen LogP contribution in [0.3, 0.4) is 0 Å². The predicted molar refractivity (Wildman–Crippen MR) is 96.5 cm³/mol. The lowest BCUT2D eigenvalue weighted by Crippen LogP contribution is -2.32. The van der Waals surface area contributed by atoms with Crippen molar-refractivity contribution in [2.24, 2.45) is 0 Å². The quantitative estimate of drug-likeness (QED) is 0.552. The zero-order valence-corrected chi connectivity index (χ0v) is 16.1. The first-order valence-electron chi connectivity index (χ1n) is 9.50. The molecular weight excluding hydrogens is 429 g/mol. The van der Waals surface area contributed by atoms with Crippen molar-refractivity contribution >= 4 is 6.03 Å². The molecule has 0 aromatic heterocycles. The molecule has 1 N–H and O–H groups in total. The molecule has 4 rings (SSSR count). The summed E-state index contributed by atoms with van der Waals surface area (Å²) in [7, 11) is 0. The maximum absolute atomic E-state index is 13.9. The molecule has 0 bridgehead atoms. The van der Waals surface area contributed by atoms with Crippen molar-refractivity contribution in [1.29, 1.82) is 0 Å². The summed E-state index contributed by atoms with van der Waals surface area (Å²) < 4.78 is 92.6. The first kappa shape index (κ1) is 21.5. The monoisotopic (exact) mass is 446 g/mol. The van der Waals surface area contributed by atoms with Crippen molar-refractivity contribution in [3.8, 4) is 0 Å². The molecule has 10 heteroatoms. The van der Waals surface area contributed by atoms with E-state index < -0.39 is 53.5 Å². The van der Waals surface area contributed by atoms with Gasteiger partial charge in [-0.15, -0.1) is 0 Å². The predicted octanol–water partition coefficient (Wildman–Crippen LogP) is 6.14. The fourth-order valence-corrected chi connectivity index (χ4v) is 4.50. The van der Waals surface area contributed by atoms with Gasteiger partial charge in [0.1, 0.15) is 5.82 Å². The van der Waals surface area contributed by atoms with Crippen LogP contribution in [0, 0.1) is 12.7 Å². The van der Waals surface area contributed by atoms with Gasteiger partial charge in [-0.05, 0) is 66.8 Å². The van der Waals surface area contributed by atoms with Gasteiger partial charge in [0.05, 0.1) is 29.3 Å². The molecule has 2 aromatic carbocycles. The van der Waals surface area contributed by atoms with Crippen molar-refractivity contribution in [1.82, 2.24) is 10.2 Å². The Morgan fingerprint density at radius 1 is 0.935 bits per heavy atom. The number of hydrogen-bond donors (Lipinski definition) is 1. The molecule has 3 atom stereocenters. The lowest BCUT2D eigenvalue weighted by molar-refractivity contribution is -0.138. The zero-order valence-electron chi connectivity index (χ0n) is 16.1. The summed E-state index contributed by atoms with van der Waals surface area (Å²) in [6, 6.07) is 2.64. The molecule has 3 nitrogen and oxygen atoms in total. The van der Waals surface area contributed by atoms with Crippen LogP contribution in [0.1, 0.15) is 52.7 Å². The van der Waals surface area contributed by atoms with Crippen LogP contribution in [-0.4, -0.2) is 17.0 Å². The highest BCUT2D eigenvalue weighted by molar-refractivity contribution is 5.79. The van der Waals surface area contributed by atoms with Crippen LogP contribution in [0.5, 0.6) is 0 Å². The summed E-state index contributed by atoms with van der Waals surface area (Å²) in [6.07, 6.45) is -8.61. The molecule has 2 aliphatic heterocycles. The van der Waals surface area contributed by atoms with Crippen molar-refractivity contribution in [2.45, 2.75) is 50.2 Å². The van der Waals surface area contributed by atoms with Gasteiger partial charge in [-0.2, -0.15) is 26.3 Å². The molecule has 0 saturated carbocycles. The van der Waals surface area contributed by atoms with Gasteiger partial charge in [0.25, 0.3) is 0 Å². The Labute approximate surface area is 172 Å². The maximum atomic E-state index is 13.9. The van der Waals surface area contributed by atoms with E-state index in [1.54, 1.807) is 6.92 Å². The Hall–Kier alpha value is -2.78. The first-order valence-corrected chi connectivity index (χ1v) is 9.50. The number of carbonyl (C=O) groups is 1. The second kappa shape index (κ2) is 7.13. The highest BCUT2D eigenvalue weighted by Crippen LogP contribution is 2.46. The van der Waals surface area contributed by atoms with Crippen LogP contribution in [0.25, 0.3) is 0 Å². The number of carbonyl (C=O) groups excluding carboxylic acids is 1. The molecular formula is C21H17F7N2O. The third kappa shape index (κ3) is 3.83. The average molecular weight is 446 g/mol. The second-order valence-corrected chi connectivity index (χ2v) is 7.84. The number of alkyl halides is 6. The van der Waals surface area contributed by atoms with Crippen molar-refractivity contribution in [2.75, 3.05) is 0 Å². The summed E-state index contributed by atoms with van der Waals surface area (Å²) in [5.74, 6) is -1.08.